The number of amides is 4. The van der Waals surface area contributed by atoms with Gasteiger partial charge in [-0.05, 0) is 61.9 Å². The van der Waals surface area contributed by atoms with E-state index < -0.39 is 78.6 Å². The number of phenolic OH excluding ortho intramolecular Hbond substituents is 1. The van der Waals surface area contributed by atoms with Crippen molar-refractivity contribution in [3.8, 4) is 5.75 Å². The van der Waals surface area contributed by atoms with Gasteiger partial charge in [-0.1, -0.05) is 18.6 Å². The van der Waals surface area contributed by atoms with Crippen LogP contribution < -0.4 is 32.7 Å². The molecule has 2 aromatic rings. The number of imidazole rings is 1. The maximum atomic E-state index is 13.7. The zero-order chi connectivity index (χ0) is 36.3. The van der Waals surface area contributed by atoms with Crippen LogP contribution in [-0.4, -0.2) is 110 Å². The lowest BCUT2D eigenvalue weighted by Crippen LogP contribution is -2.59. The Hall–Kier alpha value is -4.68. The van der Waals surface area contributed by atoms with Crippen molar-refractivity contribution in [2.45, 2.75) is 81.6 Å². The van der Waals surface area contributed by atoms with Crippen molar-refractivity contribution in [2.75, 3.05) is 18.6 Å². The summed E-state index contributed by atoms with van der Waals surface area (Å²) >= 11 is 1.44. The number of carboxylic acids is 2. The second kappa shape index (κ2) is 21.3. The maximum Gasteiger partial charge on any atom is 0.326 e. The lowest BCUT2D eigenvalue weighted by Gasteiger charge is -2.26. The van der Waals surface area contributed by atoms with Gasteiger partial charge in [-0.2, -0.15) is 11.8 Å². The lowest BCUT2D eigenvalue weighted by atomic mass is 10.0. The van der Waals surface area contributed by atoms with Crippen LogP contribution in [0.2, 0.25) is 0 Å². The number of rotatable bonds is 23. The molecule has 0 saturated heterocycles. The first-order chi connectivity index (χ1) is 23.3. The summed E-state index contributed by atoms with van der Waals surface area (Å²) in [5.74, 6) is -5.25. The highest BCUT2D eigenvalue weighted by atomic mass is 32.2. The third-order valence-corrected chi connectivity index (χ3v) is 8.08. The molecule has 1 aromatic heterocycles. The minimum Gasteiger partial charge on any atom is -0.508 e. The van der Waals surface area contributed by atoms with E-state index in [2.05, 4.69) is 31.2 Å². The van der Waals surface area contributed by atoms with Crippen LogP contribution in [-0.2, 0) is 41.6 Å². The van der Waals surface area contributed by atoms with Crippen molar-refractivity contribution >= 4 is 47.3 Å². The second-order valence-corrected chi connectivity index (χ2v) is 12.3. The molecule has 0 fully saturated rings. The third-order valence-electron chi connectivity index (χ3n) is 7.43. The summed E-state index contributed by atoms with van der Waals surface area (Å²) in [5, 5.41) is 38.7. The number of carbonyl (C=O) groups excluding carboxylic acids is 4. The summed E-state index contributed by atoms with van der Waals surface area (Å²) in [6.07, 6.45) is 5.28. The molecular weight excluding hydrogens is 660 g/mol. The van der Waals surface area contributed by atoms with Crippen molar-refractivity contribution in [1.29, 1.82) is 0 Å². The first kappa shape index (κ1) is 40.5. The smallest absolute Gasteiger partial charge is 0.326 e. The van der Waals surface area contributed by atoms with Gasteiger partial charge in [0.15, 0.2) is 0 Å². The molecule has 18 heteroatoms. The van der Waals surface area contributed by atoms with Gasteiger partial charge in [-0.3, -0.25) is 24.0 Å². The molecule has 12 N–H and O–H groups in total. The van der Waals surface area contributed by atoms with Crippen molar-refractivity contribution in [3.05, 3.63) is 48.0 Å². The topological polar surface area (TPSA) is 292 Å². The molecule has 4 amide bonds. The number of hydrogen-bond acceptors (Lipinski definition) is 11. The molecule has 0 saturated carbocycles. The number of thioether (sulfide) groups is 1. The van der Waals surface area contributed by atoms with Crippen LogP contribution in [0.1, 0.15) is 49.8 Å². The molecule has 1 heterocycles. The number of benzene rings is 1. The molecule has 0 aliphatic carbocycles. The highest BCUT2D eigenvalue weighted by Gasteiger charge is 2.32. The Bertz CT molecular complexity index is 1380. The van der Waals surface area contributed by atoms with Crippen LogP contribution in [0.25, 0.3) is 0 Å². The number of nitrogens with zero attached hydrogens (tertiary/aromatic N) is 1. The Balaban J connectivity index is 2.26. The zero-order valence-electron chi connectivity index (χ0n) is 27.2. The van der Waals surface area contributed by atoms with Gasteiger partial charge in [0.05, 0.1) is 12.4 Å². The summed E-state index contributed by atoms with van der Waals surface area (Å²) < 4.78 is 0. The monoisotopic (exact) mass is 706 g/mol. The van der Waals surface area contributed by atoms with E-state index in [-0.39, 0.29) is 25.0 Å². The zero-order valence-corrected chi connectivity index (χ0v) is 28.0. The van der Waals surface area contributed by atoms with Gasteiger partial charge < -0.3 is 53.0 Å². The molecule has 2 rings (SSSR count). The number of aliphatic carboxylic acids is 2. The Kier molecular flexibility index (Phi) is 17.6. The first-order valence-corrected chi connectivity index (χ1v) is 17.1. The molecule has 0 unspecified atom stereocenters. The quantitative estimate of drug-likeness (QED) is 0.0621. The minimum atomic E-state index is -1.50. The summed E-state index contributed by atoms with van der Waals surface area (Å²) in [5.41, 5.74) is 12.5. The Morgan fingerprint density at radius 1 is 0.816 bits per heavy atom. The number of carbonyl (C=O) groups is 6. The number of hydrogen-bond donors (Lipinski definition) is 10. The highest BCUT2D eigenvalue weighted by Crippen LogP contribution is 2.12. The van der Waals surface area contributed by atoms with E-state index in [9.17, 15) is 44.1 Å². The number of phenols is 1. The van der Waals surface area contributed by atoms with Gasteiger partial charge in [0.2, 0.25) is 23.6 Å². The fourth-order valence-corrected chi connectivity index (χ4v) is 5.14. The van der Waals surface area contributed by atoms with Crippen molar-refractivity contribution < 1.29 is 44.1 Å². The van der Waals surface area contributed by atoms with Crippen LogP contribution in [0.4, 0.5) is 0 Å². The molecule has 0 radical (unpaired) electrons. The number of aromatic hydroxyl groups is 1. The van der Waals surface area contributed by atoms with E-state index in [1.54, 1.807) is 0 Å². The molecule has 5 atom stereocenters. The van der Waals surface area contributed by atoms with Crippen LogP contribution >= 0.6 is 11.8 Å². The molecule has 0 bridgehead atoms. The maximum absolute atomic E-state index is 13.7. The predicted octanol–water partition coefficient (Wildman–Crippen LogP) is -1.00. The Morgan fingerprint density at radius 3 is 1.98 bits per heavy atom. The van der Waals surface area contributed by atoms with Crippen LogP contribution in [0, 0.1) is 0 Å². The number of nitrogens with one attached hydrogen (secondary N) is 5. The van der Waals surface area contributed by atoms with Crippen LogP contribution in [0.15, 0.2) is 36.8 Å². The molecule has 17 nitrogen and oxygen atoms in total. The van der Waals surface area contributed by atoms with E-state index in [0.717, 1.165) is 0 Å². The van der Waals surface area contributed by atoms with Crippen molar-refractivity contribution in [3.63, 3.8) is 0 Å². The van der Waals surface area contributed by atoms with Gasteiger partial charge in [-0.15, -0.1) is 0 Å². The molecule has 0 aliphatic rings. The lowest BCUT2D eigenvalue weighted by molar-refractivity contribution is -0.143. The van der Waals surface area contributed by atoms with Crippen LogP contribution in [0.3, 0.4) is 0 Å². The number of carboxylic acid groups (broad SMARTS) is 2. The summed E-state index contributed by atoms with van der Waals surface area (Å²) in [7, 11) is 0. The van der Waals surface area contributed by atoms with E-state index >= 15 is 0 Å². The van der Waals surface area contributed by atoms with Gasteiger partial charge in [0.25, 0.3) is 0 Å². The average Bonchev–Trinajstić information content (AvgIpc) is 3.58. The van der Waals surface area contributed by atoms with E-state index in [4.69, 9.17) is 11.5 Å². The van der Waals surface area contributed by atoms with E-state index in [0.29, 0.717) is 42.8 Å². The number of nitrogens with two attached hydrogens (primary N) is 2. The SMILES string of the molecule is CSCC[C@H](NC(=O)[C@@H](N)CCCCN)C(=O)N[C@@H](Cc1cnc[nH]1)C(=O)N[C@@H](CCC(=O)O)C(=O)N[C@@H](Cc1ccc(O)cc1)C(=O)O. The highest BCUT2D eigenvalue weighted by molar-refractivity contribution is 7.98. The van der Waals surface area contributed by atoms with Gasteiger partial charge in [0, 0.05) is 31.2 Å². The van der Waals surface area contributed by atoms with E-state index in [1.807, 2.05) is 6.26 Å². The molecule has 0 spiro atoms. The summed E-state index contributed by atoms with van der Waals surface area (Å²) in [6.45, 7) is 0.450. The fourth-order valence-electron chi connectivity index (χ4n) is 4.67. The normalized spacial score (nSPS) is 14.0. The molecular formula is C31H46N8O9S. The summed E-state index contributed by atoms with van der Waals surface area (Å²) in [6, 6.07) is -0.536. The molecule has 49 heavy (non-hydrogen) atoms. The molecule has 0 aliphatic heterocycles. The van der Waals surface area contributed by atoms with Crippen molar-refractivity contribution in [2.24, 2.45) is 11.5 Å². The van der Waals surface area contributed by atoms with Gasteiger partial charge >= 0.3 is 11.9 Å². The number of H-pyrrole nitrogens is 1. The van der Waals surface area contributed by atoms with Gasteiger partial charge in [0.1, 0.15) is 29.9 Å². The summed E-state index contributed by atoms with van der Waals surface area (Å²) in [4.78, 5) is 83.5. The number of aromatic amines is 1. The Labute approximate surface area is 287 Å². The molecule has 1 aromatic carbocycles. The third kappa shape index (κ3) is 15.0. The average molecular weight is 707 g/mol. The first-order valence-electron chi connectivity index (χ1n) is 15.7. The van der Waals surface area contributed by atoms with Gasteiger partial charge in [-0.25, -0.2) is 9.78 Å². The minimum absolute atomic E-state index is 0.0345. The molecule has 270 valence electrons. The Morgan fingerprint density at radius 2 is 1.41 bits per heavy atom. The number of unbranched alkanes of at least 4 members (excludes halogenated alkanes) is 1. The largest absolute Gasteiger partial charge is 0.508 e. The number of aromatic nitrogens is 2. The predicted molar refractivity (Wildman–Crippen MR) is 180 cm³/mol. The second-order valence-electron chi connectivity index (χ2n) is 11.3. The fraction of sp³-hybridized carbons (Fsp3) is 0.516. The van der Waals surface area contributed by atoms with E-state index in [1.165, 1.54) is 48.6 Å². The van der Waals surface area contributed by atoms with Crippen molar-refractivity contribution in [1.82, 2.24) is 31.2 Å². The standard InChI is InChI=1S/C31H46N8O9S/c1-49-13-11-23(36-27(43)21(33)4-2-3-12-32)29(45)38-24(15-19-16-34-17-35-19)30(46)37-22(9-10-26(41)42)28(44)39-25(31(47)48)14-18-5-7-20(40)8-6-18/h5-8,16-17,21-25,40H,2-4,9-15,32-33H2,1H3,(H,34,35)(H,36,43)(H,37,46)(H,38,45)(H,39,44)(H,41,42)(H,47,48)/t21-,22-,23-,24-,25-/m0/s1. The van der Waals surface area contributed by atoms with Crippen LogP contribution in [0.5, 0.6) is 5.75 Å².